The van der Waals surface area contributed by atoms with Crippen molar-refractivity contribution in [2.75, 3.05) is 0 Å². The number of primary amides is 1. The lowest BCUT2D eigenvalue weighted by atomic mass is 10.1. The summed E-state index contributed by atoms with van der Waals surface area (Å²) in [6.07, 6.45) is -2.33. The summed E-state index contributed by atoms with van der Waals surface area (Å²) in [4.78, 5) is 28.6. The van der Waals surface area contributed by atoms with E-state index in [0.717, 1.165) is 0 Å². The van der Waals surface area contributed by atoms with E-state index in [1.54, 1.807) is 0 Å². The van der Waals surface area contributed by atoms with Crippen molar-refractivity contribution in [1.29, 1.82) is 0 Å². The number of nitrogens with zero attached hydrogens (tertiary/aromatic N) is 2. The summed E-state index contributed by atoms with van der Waals surface area (Å²) in [6.45, 7) is 1.24. The van der Waals surface area contributed by atoms with Gasteiger partial charge in [0.25, 0.3) is 0 Å². The van der Waals surface area contributed by atoms with E-state index in [1.807, 2.05) is 0 Å². The van der Waals surface area contributed by atoms with Crippen molar-refractivity contribution in [3.05, 3.63) is 20.2 Å². The number of carbonyl (C=O) groups is 1. The second-order valence-corrected chi connectivity index (χ2v) is 2.63. The molecule has 0 saturated carbocycles. The van der Waals surface area contributed by atoms with Gasteiger partial charge in [-0.3, -0.25) is 25.0 Å². The first-order valence-corrected chi connectivity index (χ1v) is 3.41. The van der Waals surface area contributed by atoms with Crippen molar-refractivity contribution in [3.63, 3.8) is 0 Å². The van der Waals surface area contributed by atoms with Gasteiger partial charge in [-0.25, -0.2) is 0 Å². The third kappa shape index (κ3) is 3.45. The molecule has 0 radical (unpaired) electrons. The zero-order valence-electron chi connectivity index (χ0n) is 6.87. The highest BCUT2D eigenvalue weighted by Gasteiger charge is 2.39. The summed E-state index contributed by atoms with van der Waals surface area (Å²) in [6, 6.07) is 0. The van der Waals surface area contributed by atoms with Crippen LogP contribution in [0.4, 0.5) is 0 Å². The molecule has 0 aliphatic carbocycles. The van der Waals surface area contributed by atoms with E-state index in [4.69, 9.17) is 5.73 Å². The normalized spacial score (nSPS) is 12.5. The summed E-state index contributed by atoms with van der Waals surface area (Å²) in [5.41, 5.74) is 4.75. The van der Waals surface area contributed by atoms with Crippen molar-refractivity contribution >= 4 is 5.91 Å². The molecule has 0 aromatic carbocycles. The fourth-order valence-electron chi connectivity index (χ4n) is 0.915. The van der Waals surface area contributed by atoms with E-state index in [9.17, 15) is 25.0 Å². The van der Waals surface area contributed by atoms with Crippen LogP contribution in [0.2, 0.25) is 0 Å². The maximum Gasteiger partial charge on any atom is 0.453 e. The van der Waals surface area contributed by atoms with Gasteiger partial charge in [-0.1, -0.05) is 0 Å². The minimum Gasteiger partial charge on any atom is -0.370 e. The van der Waals surface area contributed by atoms with Crippen molar-refractivity contribution in [3.8, 4) is 0 Å². The average molecular weight is 191 g/mol. The Morgan fingerprint density at radius 1 is 1.38 bits per heavy atom. The lowest BCUT2D eigenvalue weighted by molar-refractivity contribution is -0.750. The molecular formula is C5H9N3O5. The van der Waals surface area contributed by atoms with Gasteiger partial charge < -0.3 is 5.73 Å². The molecule has 0 rings (SSSR count). The first kappa shape index (κ1) is 11.3. The van der Waals surface area contributed by atoms with E-state index >= 15 is 0 Å². The Balaban J connectivity index is 4.46. The molecule has 0 heterocycles. The van der Waals surface area contributed by atoms with Crippen molar-refractivity contribution < 1.29 is 14.6 Å². The summed E-state index contributed by atoms with van der Waals surface area (Å²) in [5, 5.41) is 20.4. The maximum absolute atomic E-state index is 10.3. The number of carbonyl (C=O) groups excluding carboxylic acids is 1. The summed E-state index contributed by atoms with van der Waals surface area (Å²) < 4.78 is 0. The van der Waals surface area contributed by atoms with Crippen LogP contribution in [0.1, 0.15) is 13.3 Å². The van der Waals surface area contributed by atoms with Crippen LogP contribution in [0, 0.1) is 26.1 Å². The summed E-state index contributed by atoms with van der Waals surface area (Å²) in [5.74, 6) is -1.79. The minimum atomic E-state index is -1.97. The monoisotopic (exact) mass is 191 g/mol. The molecule has 1 atom stereocenters. The molecule has 8 heteroatoms. The SMILES string of the molecule is CC(CC(N)=O)C([N+](=O)[O-])[N+](=O)[O-]. The molecule has 1 unspecified atom stereocenters. The Hall–Kier alpha value is -1.73. The first-order valence-electron chi connectivity index (χ1n) is 3.41. The number of hydrogen-bond acceptors (Lipinski definition) is 5. The predicted octanol–water partition coefficient (Wildman–Crippen LogP) is -0.623. The molecule has 0 spiro atoms. The Labute approximate surface area is 73.0 Å². The molecule has 0 aromatic heterocycles. The van der Waals surface area contributed by atoms with Gasteiger partial charge in [-0.15, -0.1) is 0 Å². The number of nitrogens with two attached hydrogens (primary N) is 1. The van der Waals surface area contributed by atoms with Crippen LogP contribution in [0.3, 0.4) is 0 Å². The molecule has 8 nitrogen and oxygen atoms in total. The standard InChI is InChI=1S/C5H9N3O5/c1-3(2-4(6)9)5(7(10)11)8(12)13/h3,5H,2H2,1H3,(H2,6,9). The van der Waals surface area contributed by atoms with Gasteiger partial charge in [0.15, 0.2) is 0 Å². The van der Waals surface area contributed by atoms with Crippen LogP contribution >= 0.6 is 0 Å². The fraction of sp³-hybridized carbons (Fsp3) is 0.800. The fourth-order valence-corrected chi connectivity index (χ4v) is 0.915. The highest BCUT2D eigenvalue weighted by atomic mass is 16.7. The number of nitro groups is 2. The molecule has 2 N–H and O–H groups in total. The van der Waals surface area contributed by atoms with Crippen molar-refractivity contribution in [2.24, 2.45) is 11.7 Å². The molecule has 0 saturated heterocycles. The minimum absolute atomic E-state index is 0.368. The largest absolute Gasteiger partial charge is 0.453 e. The summed E-state index contributed by atoms with van der Waals surface area (Å²) >= 11 is 0. The van der Waals surface area contributed by atoms with Gasteiger partial charge in [-0.05, 0) is 6.92 Å². The van der Waals surface area contributed by atoms with E-state index in [2.05, 4.69) is 0 Å². The van der Waals surface area contributed by atoms with Gasteiger partial charge in [-0.2, -0.15) is 0 Å². The Kier molecular flexibility index (Phi) is 3.76. The van der Waals surface area contributed by atoms with Crippen LogP contribution in [0.5, 0.6) is 0 Å². The van der Waals surface area contributed by atoms with Gasteiger partial charge in [0.2, 0.25) is 5.91 Å². The van der Waals surface area contributed by atoms with Crippen LogP contribution < -0.4 is 5.73 Å². The maximum atomic E-state index is 10.3. The second-order valence-electron chi connectivity index (χ2n) is 2.63. The van der Waals surface area contributed by atoms with Gasteiger partial charge in [0, 0.05) is 6.42 Å². The predicted molar refractivity (Wildman–Crippen MR) is 40.8 cm³/mol. The van der Waals surface area contributed by atoms with Gasteiger partial charge >= 0.3 is 6.17 Å². The Bertz CT molecular complexity index is 226. The lowest BCUT2D eigenvalue weighted by Crippen LogP contribution is -2.37. The van der Waals surface area contributed by atoms with E-state index < -0.39 is 27.8 Å². The number of rotatable bonds is 5. The van der Waals surface area contributed by atoms with Crippen LogP contribution in [0.15, 0.2) is 0 Å². The molecule has 13 heavy (non-hydrogen) atoms. The zero-order valence-corrected chi connectivity index (χ0v) is 6.87. The van der Waals surface area contributed by atoms with Crippen LogP contribution in [-0.2, 0) is 4.79 Å². The van der Waals surface area contributed by atoms with Gasteiger partial charge in [0.1, 0.15) is 5.92 Å². The molecule has 1 amide bonds. The highest BCUT2D eigenvalue weighted by Crippen LogP contribution is 2.11. The van der Waals surface area contributed by atoms with E-state index in [0.29, 0.717) is 0 Å². The highest BCUT2D eigenvalue weighted by molar-refractivity contribution is 5.73. The molecule has 0 aromatic rings. The smallest absolute Gasteiger partial charge is 0.370 e. The molecule has 0 fully saturated rings. The Morgan fingerprint density at radius 3 is 2.00 bits per heavy atom. The number of hydrogen-bond donors (Lipinski definition) is 1. The lowest BCUT2D eigenvalue weighted by Gasteiger charge is -2.07. The third-order valence-electron chi connectivity index (χ3n) is 1.46. The van der Waals surface area contributed by atoms with Crippen molar-refractivity contribution in [2.45, 2.75) is 19.5 Å². The van der Waals surface area contributed by atoms with Crippen molar-refractivity contribution in [1.82, 2.24) is 0 Å². The van der Waals surface area contributed by atoms with E-state index in [-0.39, 0.29) is 6.42 Å². The quantitative estimate of drug-likeness (QED) is 0.351. The van der Waals surface area contributed by atoms with Crippen LogP contribution in [-0.4, -0.2) is 21.9 Å². The third-order valence-corrected chi connectivity index (χ3v) is 1.46. The number of amides is 1. The average Bonchev–Trinajstić information content (AvgIpc) is 1.81. The topological polar surface area (TPSA) is 129 Å². The molecule has 74 valence electrons. The molecule has 0 aliphatic heterocycles. The van der Waals surface area contributed by atoms with E-state index in [1.165, 1.54) is 6.92 Å². The molecule has 0 aliphatic rings. The summed E-state index contributed by atoms with van der Waals surface area (Å²) in [7, 11) is 0. The Morgan fingerprint density at radius 2 is 1.77 bits per heavy atom. The molecular weight excluding hydrogens is 182 g/mol. The van der Waals surface area contributed by atoms with Crippen LogP contribution in [0.25, 0.3) is 0 Å². The molecule has 0 bridgehead atoms. The second kappa shape index (κ2) is 4.33. The van der Waals surface area contributed by atoms with Gasteiger partial charge in [0.05, 0.1) is 9.85 Å². The zero-order chi connectivity index (χ0) is 10.6. The first-order chi connectivity index (χ1) is 5.86.